The number of hydrogen-bond donors (Lipinski definition) is 2. The summed E-state index contributed by atoms with van der Waals surface area (Å²) in [6.45, 7) is 0. The first-order valence-electron chi connectivity index (χ1n) is 5.81. The topological polar surface area (TPSA) is 94.1 Å². The Labute approximate surface area is 107 Å². The van der Waals surface area contributed by atoms with Crippen LogP contribution in [0.5, 0.6) is 0 Å². The Morgan fingerprint density at radius 2 is 2.32 bits per heavy atom. The van der Waals surface area contributed by atoms with E-state index in [1.807, 2.05) is 0 Å². The molecule has 3 rings (SSSR count). The monoisotopic (exact) mass is 262 g/mol. The van der Waals surface area contributed by atoms with Crippen molar-refractivity contribution in [2.45, 2.75) is 18.5 Å². The summed E-state index contributed by atoms with van der Waals surface area (Å²) < 4.78 is 14.0. The smallest absolute Gasteiger partial charge is 0.281 e. The molecule has 1 heterocycles. The summed E-state index contributed by atoms with van der Waals surface area (Å²) in [5, 5.41) is 14.2. The Hall–Kier alpha value is -2.28. The Bertz CT molecular complexity index is 676. The molecule has 2 atom stereocenters. The highest BCUT2D eigenvalue weighted by Gasteiger charge is 2.35. The first-order valence-corrected chi connectivity index (χ1v) is 5.81. The summed E-state index contributed by atoms with van der Waals surface area (Å²) in [6, 6.07) is 4.05. The molecule has 2 aromatic rings. The first-order chi connectivity index (χ1) is 9.08. The van der Waals surface area contributed by atoms with Gasteiger partial charge in [-0.25, -0.2) is 4.39 Å². The fraction of sp³-hybridized carbons (Fsp3) is 0.250. The number of nitrogens with one attached hydrogen (secondary N) is 1. The number of anilines is 1. The van der Waals surface area contributed by atoms with E-state index in [1.165, 1.54) is 6.20 Å². The van der Waals surface area contributed by atoms with Crippen molar-refractivity contribution in [3.05, 3.63) is 40.3 Å². The van der Waals surface area contributed by atoms with Crippen LogP contribution in [0.4, 0.5) is 15.8 Å². The predicted octanol–water partition coefficient (Wildman–Crippen LogP) is 1.79. The van der Waals surface area contributed by atoms with Gasteiger partial charge in [0, 0.05) is 18.3 Å². The van der Waals surface area contributed by atoms with Gasteiger partial charge in [-0.3, -0.25) is 15.1 Å². The lowest BCUT2D eigenvalue weighted by Crippen LogP contribution is -2.14. The van der Waals surface area contributed by atoms with Crippen molar-refractivity contribution in [1.82, 2.24) is 4.98 Å². The maximum Gasteiger partial charge on any atom is 0.281 e. The van der Waals surface area contributed by atoms with E-state index in [2.05, 4.69) is 10.3 Å². The molecule has 1 aromatic heterocycles. The molecule has 98 valence electrons. The van der Waals surface area contributed by atoms with E-state index in [0.717, 1.165) is 12.5 Å². The van der Waals surface area contributed by atoms with Crippen LogP contribution in [-0.2, 0) is 0 Å². The third kappa shape index (κ3) is 1.97. The largest absolute Gasteiger partial charge is 0.377 e. The highest BCUT2D eigenvalue weighted by Crippen LogP contribution is 2.35. The Balaban J connectivity index is 2.19. The highest BCUT2D eigenvalue weighted by molar-refractivity contribution is 5.97. The van der Waals surface area contributed by atoms with Gasteiger partial charge in [-0.05, 0) is 18.6 Å². The van der Waals surface area contributed by atoms with Crippen molar-refractivity contribution in [1.29, 1.82) is 0 Å². The second-order valence-electron chi connectivity index (χ2n) is 4.56. The summed E-state index contributed by atoms with van der Waals surface area (Å²) in [5.41, 5.74) is 5.82. The minimum atomic E-state index is -0.683. The van der Waals surface area contributed by atoms with Crippen LogP contribution in [0.1, 0.15) is 6.42 Å². The van der Waals surface area contributed by atoms with Crippen LogP contribution in [-0.4, -0.2) is 22.0 Å². The molecule has 6 nitrogen and oxygen atoms in total. The minimum Gasteiger partial charge on any atom is -0.377 e. The van der Waals surface area contributed by atoms with E-state index in [0.29, 0.717) is 5.39 Å². The molecule has 1 aromatic carbocycles. The molecule has 1 saturated carbocycles. The molecule has 0 spiro atoms. The number of hydrogen-bond acceptors (Lipinski definition) is 5. The van der Waals surface area contributed by atoms with Crippen LogP contribution >= 0.6 is 0 Å². The molecule has 2 unspecified atom stereocenters. The van der Waals surface area contributed by atoms with Gasteiger partial charge in [0.2, 0.25) is 0 Å². The van der Waals surface area contributed by atoms with Crippen molar-refractivity contribution in [2.24, 2.45) is 5.73 Å². The van der Waals surface area contributed by atoms with Crippen molar-refractivity contribution in [2.75, 3.05) is 5.32 Å². The second kappa shape index (κ2) is 4.13. The number of nitro groups is 1. The van der Waals surface area contributed by atoms with E-state index in [1.54, 1.807) is 12.1 Å². The lowest BCUT2D eigenvalue weighted by Gasteiger charge is -2.10. The lowest BCUT2D eigenvalue weighted by molar-refractivity contribution is -0.383. The third-order valence-corrected chi connectivity index (χ3v) is 3.19. The van der Waals surface area contributed by atoms with Gasteiger partial charge < -0.3 is 11.1 Å². The molecule has 0 bridgehead atoms. The molecule has 1 aliphatic rings. The highest BCUT2D eigenvalue weighted by atomic mass is 19.1. The maximum absolute atomic E-state index is 14.0. The maximum atomic E-state index is 14.0. The van der Waals surface area contributed by atoms with Crippen LogP contribution in [0, 0.1) is 15.9 Å². The summed E-state index contributed by atoms with van der Waals surface area (Å²) in [6.07, 6.45) is 2.23. The molecule has 0 radical (unpaired) electrons. The minimum absolute atomic E-state index is 0.00108. The van der Waals surface area contributed by atoms with Gasteiger partial charge in [0.05, 0.1) is 22.1 Å². The number of halogens is 1. The Morgan fingerprint density at radius 3 is 2.95 bits per heavy atom. The second-order valence-corrected chi connectivity index (χ2v) is 4.56. The predicted molar refractivity (Wildman–Crippen MR) is 68.4 cm³/mol. The van der Waals surface area contributed by atoms with Crippen molar-refractivity contribution in [3.8, 4) is 0 Å². The zero-order valence-corrected chi connectivity index (χ0v) is 9.84. The third-order valence-electron chi connectivity index (χ3n) is 3.19. The van der Waals surface area contributed by atoms with Crippen LogP contribution in [0.15, 0.2) is 24.4 Å². The van der Waals surface area contributed by atoms with Gasteiger partial charge in [-0.1, -0.05) is 0 Å². The summed E-state index contributed by atoms with van der Waals surface area (Å²) in [7, 11) is 0. The molecule has 3 N–H and O–H groups in total. The molecular weight excluding hydrogens is 251 g/mol. The normalized spacial score (nSPS) is 21.4. The summed E-state index contributed by atoms with van der Waals surface area (Å²) >= 11 is 0. The number of fused-ring (bicyclic) bond motifs is 1. The summed E-state index contributed by atoms with van der Waals surface area (Å²) in [4.78, 5) is 14.4. The molecule has 0 saturated heterocycles. The standard InChI is InChI=1S/C12H11FN4O2/c13-7-4-10(17(18)19)6-2-1-3-15-11(6)12(7)16-9-5-8(9)14/h1-4,8-9,16H,5,14H2. The van der Waals surface area contributed by atoms with Gasteiger partial charge in [0.25, 0.3) is 5.69 Å². The van der Waals surface area contributed by atoms with Gasteiger partial charge >= 0.3 is 0 Å². The van der Waals surface area contributed by atoms with Gasteiger partial charge in [0.15, 0.2) is 5.82 Å². The zero-order valence-electron chi connectivity index (χ0n) is 9.84. The fourth-order valence-electron chi connectivity index (χ4n) is 2.05. The number of nitrogens with two attached hydrogens (primary N) is 1. The first kappa shape index (κ1) is 11.8. The number of pyridine rings is 1. The molecule has 0 aliphatic heterocycles. The average molecular weight is 262 g/mol. The number of non-ortho nitro benzene ring substituents is 1. The van der Waals surface area contributed by atoms with Crippen LogP contribution in [0.25, 0.3) is 10.9 Å². The number of aromatic nitrogens is 1. The molecule has 1 aliphatic carbocycles. The Kier molecular flexibility index (Phi) is 2.56. The summed E-state index contributed by atoms with van der Waals surface area (Å²) in [5.74, 6) is -0.683. The number of rotatable bonds is 3. The average Bonchev–Trinajstić information content (AvgIpc) is 3.08. The van der Waals surface area contributed by atoms with Crippen LogP contribution in [0.3, 0.4) is 0 Å². The van der Waals surface area contributed by atoms with Gasteiger partial charge in [-0.15, -0.1) is 0 Å². The van der Waals surface area contributed by atoms with E-state index >= 15 is 0 Å². The van der Waals surface area contributed by atoms with Gasteiger partial charge in [-0.2, -0.15) is 0 Å². The Morgan fingerprint density at radius 1 is 1.58 bits per heavy atom. The van der Waals surface area contributed by atoms with Gasteiger partial charge in [0.1, 0.15) is 5.52 Å². The molecule has 0 amide bonds. The van der Waals surface area contributed by atoms with E-state index < -0.39 is 10.7 Å². The lowest BCUT2D eigenvalue weighted by atomic mass is 10.1. The number of nitrogens with zero attached hydrogens (tertiary/aromatic N) is 2. The SMILES string of the molecule is NC1CC1Nc1c(F)cc([N+](=O)[O-])c2cccnc12. The van der Waals surface area contributed by atoms with Crippen molar-refractivity contribution < 1.29 is 9.31 Å². The van der Waals surface area contributed by atoms with E-state index in [-0.39, 0.29) is 29.0 Å². The number of nitro benzene ring substituents is 1. The quantitative estimate of drug-likeness (QED) is 0.649. The van der Waals surface area contributed by atoms with E-state index in [4.69, 9.17) is 5.73 Å². The number of benzene rings is 1. The zero-order chi connectivity index (χ0) is 13.6. The van der Waals surface area contributed by atoms with Crippen molar-refractivity contribution >= 4 is 22.3 Å². The molecule has 19 heavy (non-hydrogen) atoms. The van der Waals surface area contributed by atoms with E-state index in [9.17, 15) is 14.5 Å². The molecular formula is C12H11FN4O2. The van der Waals surface area contributed by atoms with Crippen LogP contribution < -0.4 is 11.1 Å². The molecule has 1 fully saturated rings. The fourth-order valence-corrected chi connectivity index (χ4v) is 2.05. The van der Waals surface area contributed by atoms with Crippen molar-refractivity contribution in [3.63, 3.8) is 0 Å². The van der Waals surface area contributed by atoms with Crippen LogP contribution in [0.2, 0.25) is 0 Å². The molecule has 7 heteroatoms.